The highest BCUT2D eigenvalue weighted by Gasteiger charge is 2.23. The topological polar surface area (TPSA) is 9.23 Å². The average Bonchev–Trinajstić information content (AvgIpc) is 2.33. The fourth-order valence-corrected chi connectivity index (χ4v) is 2.37. The maximum atomic E-state index is 5.16. The van der Waals surface area contributed by atoms with Crippen LogP contribution in [0.4, 0.5) is 0 Å². The molecular formula is C14H15OS. The summed E-state index contributed by atoms with van der Waals surface area (Å²) in [5.41, 5.74) is 1.30. The summed E-state index contributed by atoms with van der Waals surface area (Å²) in [6.07, 6.45) is 8.16. The molecule has 1 saturated carbocycles. The Bertz CT molecular complexity index is 312. The number of rotatable bonds is 3. The minimum atomic E-state index is 0.952. The Balaban J connectivity index is 1.84. The van der Waals surface area contributed by atoms with Crippen molar-refractivity contribution in [1.82, 2.24) is 0 Å². The Kier molecular flexibility index (Phi) is 4.30. The third kappa shape index (κ3) is 3.26. The zero-order valence-corrected chi connectivity index (χ0v) is 10.4. The molecule has 5 radical (unpaired) electrons. The van der Waals surface area contributed by atoms with Gasteiger partial charge in [0.05, 0.1) is 0 Å². The standard InChI is InChI=1S/C14H15OS/c1-11-3-7-13(8-4-11)16-14-9-5-12(15-2)6-10-14/h3-9H,10H2,1-2H3. The van der Waals surface area contributed by atoms with Gasteiger partial charge in [-0.1, -0.05) is 17.7 Å². The zero-order valence-electron chi connectivity index (χ0n) is 9.57. The molecule has 16 heavy (non-hydrogen) atoms. The van der Waals surface area contributed by atoms with E-state index in [1.165, 1.54) is 15.7 Å². The van der Waals surface area contributed by atoms with Crippen LogP contribution in [0.25, 0.3) is 0 Å². The van der Waals surface area contributed by atoms with Crippen LogP contribution in [0.5, 0.6) is 0 Å². The van der Waals surface area contributed by atoms with E-state index in [1.54, 1.807) is 7.11 Å². The van der Waals surface area contributed by atoms with Crippen LogP contribution in [0.3, 0.4) is 0 Å². The van der Waals surface area contributed by atoms with Gasteiger partial charge in [-0.2, -0.15) is 0 Å². The first-order valence-corrected chi connectivity index (χ1v) is 6.12. The van der Waals surface area contributed by atoms with E-state index in [2.05, 4.69) is 44.0 Å². The van der Waals surface area contributed by atoms with Gasteiger partial charge in [-0.05, 0) is 38.3 Å². The van der Waals surface area contributed by atoms with E-state index in [0.717, 1.165) is 12.5 Å². The van der Waals surface area contributed by atoms with Gasteiger partial charge in [-0.15, -0.1) is 11.8 Å². The van der Waals surface area contributed by atoms with Crippen molar-refractivity contribution in [2.75, 3.05) is 7.11 Å². The highest BCUT2D eigenvalue weighted by molar-refractivity contribution is 8.02. The van der Waals surface area contributed by atoms with Gasteiger partial charge in [0.25, 0.3) is 0 Å². The van der Waals surface area contributed by atoms with Crippen molar-refractivity contribution in [1.29, 1.82) is 0 Å². The van der Waals surface area contributed by atoms with Crippen LogP contribution in [0.2, 0.25) is 0 Å². The molecule has 0 bridgehead atoms. The van der Waals surface area contributed by atoms with Crippen LogP contribution in [0, 0.1) is 37.5 Å². The number of hydrogen-bond acceptors (Lipinski definition) is 2. The van der Waals surface area contributed by atoms with Gasteiger partial charge in [0.15, 0.2) is 0 Å². The van der Waals surface area contributed by atoms with Crippen molar-refractivity contribution < 1.29 is 4.74 Å². The molecular weight excluding hydrogens is 216 g/mol. The molecule has 0 atom stereocenters. The largest absolute Gasteiger partial charge is 0.375 e. The van der Waals surface area contributed by atoms with Gasteiger partial charge >= 0.3 is 0 Å². The Hall–Kier alpha value is -0.470. The van der Waals surface area contributed by atoms with E-state index in [0.29, 0.717) is 0 Å². The van der Waals surface area contributed by atoms with E-state index in [9.17, 15) is 0 Å². The number of ether oxygens (including phenoxy) is 1. The van der Waals surface area contributed by atoms with Crippen molar-refractivity contribution in [3.05, 3.63) is 60.4 Å². The lowest BCUT2D eigenvalue weighted by Crippen LogP contribution is -2.12. The summed E-state index contributed by atoms with van der Waals surface area (Å²) in [6.45, 7) is 2.11. The zero-order chi connectivity index (χ0) is 11.4. The van der Waals surface area contributed by atoms with Crippen molar-refractivity contribution in [2.45, 2.75) is 18.2 Å². The number of hydrogen-bond donors (Lipinski definition) is 0. The van der Waals surface area contributed by atoms with Gasteiger partial charge in [0.2, 0.25) is 0 Å². The number of thioether (sulfide) groups is 1. The van der Waals surface area contributed by atoms with Gasteiger partial charge in [0.1, 0.15) is 6.10 Å². The third-order valence-electron chi connectivity index (χ3n) is 2.44. The Morgan fingerprint density at radius 2 is 1.88 bits per heavy atom. The molecule has 0 aliphatic heterocycles. The molecule has 0 N–H and O–H groups in total. The van der Waals surface area contributed by atoms with E-state index in [-0.39, 0.29) is 0 Å². The van der Waals surface area contributed by atoms with Crippen LogP contribution in [0.1, 0.15) is 12.0 Å². The SMILES string of the molecule is CO[C]1[CH][CH][C](Sc2ccc(C)cc2)C[CH]1. The molecule has 1 fully saturated rings. The molecule has 1 nitrogen and oxygen atoms in total. The molecule has 0 spiro atoms. The second-order valence-electron chi connectivity index (χ2n) is 3.73. The van der Waals surface area contributed by atoms with Crippen molar-refractivity contribution >= 4 is 11.8 Å². The lowest BCUT2D eigenvalue weighted by molar-refractivity contribution is 0.234. The molecule has 1 aliphatic rings. The van der Waals surface area contributed by atoms with E-state index in [1.807, 2.05) is 18.2 Å². The Morgan fingerprint density at radius 3 is 2.44 bits per heavy atom. The first-order chi connectivity index (χ1) is 7.78. The minimum absolute atomic E-state index is 0.952. The first-order valence-electron chi connectivity index (χ1n) is 5.30. The lowest BCUT2D eigenvalue weighted by Gasteiger charge is -2.24. The van der Waals surface area contributed by atoms with Crippen LogP contribution >= 0.6 is 11.8 Å². The first kappa shape index (κ1) is 12.0. The van der Waals surface area contributed by atoms with Crippen LogP contribution < -0.4 is 0 Å². The summed E-state index contributed by atoms with van der Waals surface area (Å²) in [5.74, 6) is 0. The molecule has 0 amide bonds. The molecule has 1 aromatic carbocycles. The molecule has 83 valence electrons. The summed E-state index contributed by atoms with van der Waals surface area (Å²) in [4.78, 5) is 1.29. The number of methoxy groups -OCH3 is 1. The maximum Gasteiger partial charge on any atom is 0.104 e. The van der Waals surface area contributed by atoms with Gasteiger partial charge in [-0.25, -0.2) is 0 Å². The summed E-state index contributed by atoms with van der Waals surface area (Å²) in [5, 5.41) is 1.35. The Morgan fingerprint density at radius 1 is 1.12 bits per heavy atom. The molecule has 0 aromatic heterocycles. The third-order valence-corrected chi connectivity index (χ3v) is 3.52. The van der Waals surface area contributed by atoms with E-state index in [4.69, 9.17) is 4.74 Å². The fourth-order valence-electron chi connectivity index (χ4n) is 1.50. The predicted octanol–water partition coefficient (Wildman–Crippen LogP) is 3.81. The summed E-state index contributed by atoms with van der Waals surface area (Å²) < 4.78 is 5.16. The number of aryl methyl sites for hydroxylation is 1. The molecule has 2 rings (SSSR count). The lowest BCUT2D eigenvalue weighted by atomic mass is 9.97. The molecule has 2 heteroatoms. The summed E-state index contributed by atoms with van der Waals surface area (Å²) in [7, 11) is 1.70. The molecule has 0 unspecified atom stereocenters. The smallest absolute Gasteiger partial charge is 0.104 e. The van der Waals surface area contributed by atoms with Crippen LogP contribution in [-0.4, -0.2) is 7.11 Å². The monoisotopic (exact) mass is 231 g/mol. The molecule has 1 aliphatic carbocycles. The summed E-state index contributed by atoms with van der Waals surface area (Å²) >= 11 is 1.82. The highest BCUT2D eigenvalue weighted by Crippen LogP contribution is 2.40. The van der Waals surface area contributed by atoms with Crippen LogP contribution in [0.15, 0.2) is 29.2 Å². The van der Waals surface area contributed by atoms with E-state index < -0.39 is 0 Å². The van der Waals surface area contributed by atoms with Crippen molar-refractivity contribution in [3.8, 4) is 0 Å². The quantitative estimate of drug-likeness (QED) is 0.782. The van der Waals surface area contributed by atoms with Crippen molar-refractivity contribution in [2.24, 2.45) is 0 Å². The van der Waals surface area contributed by atoms with Gasteiger partial charge in [0, 0.05) is 23.7 Å². The second-order valence-corrected chi connectivity index (χ2v) is 4.93. The maximum absolute atomic E-state index is 5.16. The number of benzene rings is 1. The van der Waals surface area contributed by atoms with Gasteiger partial charge < -0.3 is 4.74 Å². The molecule has 0 saturated heterocycles. The summed E-state index contributed by atoms with van der Waals surface area (Å²) in [6, 6.07) is 8.62. The Labute approximate surface area is 103 Å². The van der Waals surface area contributed by atoms with E-state index >= 15 is 0 Å². The fraction of sp³-hybridized carbons (Fsp3) is 0.214. The normalized spacial score (nSPS) is 18.9. The minimum Gasteiger partial charge on any atom is -0.375 e. The molecule has 0 heterocycles. The van der Waals surface area contributed by atoms with Crippen LogP contribution in [-0.2, 0) is 4.74 Å². The molecule has 1 aromatic rings. The highest BCUT2D eigenvalue weighted by atomic mass is 32.2. The predicted molar refractivity (Wildman–Crippen MR) is 68.0 cm³/mol. The van der Waals surface area contributed by atoms with Gasteiger partial charge in [-0.3, -0.25) is 0 Å². The second kappa shape index (κ2) is 5.74. The average molecular weight is 231 g/mol. The van der Waals surface area contributed by atoms with Crippen molar-refractivity contribution in [3.63, 3.8) is 0 Å².